The number of carbonyl (C=O) groups excluding carboxylic acids is 1. The fraction of sp³-hybridized carbons (Fsp3) is 0.167. The number of amides is 1. The molecule has 0 radical (unpaired) electrons. The van der Waals surface area contributed by atoms with Crippen molar-refractivity contribution < 1.29 is 13.2 Å². The summed E-state index contributed by atoms with van der Waals surface area (Å²) in [5, 5.41) is 7.72. The molecule has 0 atom stereocenters. The Balaban J connectivity index is 1.60. The molecule has 0 saturated carbocycles. The molecule has 0 heterocycles. The Hall–Kier alpha value is -3.07. The number of carbonyl (C=O) groups is 1. The number of nitrogens with one attached hydrogen (secondary N) is 3. The first-order valence-electron chi connectivity index (χ1n) is 9.95. The summed E-state index contributed by atoms with van der Waals surface area (Å²) in [6.45, 7) is 5.32. The van der Waals surface area contributed by atoms with Gasteiger partial charge in [0.2, 0.25) is 15.9 Å². The number of thiocarbonyl (C=S) groups is 1. The van der Waals surface area contributed by atoms with Gasteiger partial charge in [-0.15, -0.1) is 0 Å². The molecule has 0 bridgehead atoms. The van der Waals surface area contributed by atoms with E-state index in [1.54, 1.807) is 39.0 Å². The molecule has 3 aromatic rings. The van der Waals surface area contributed by atoms with Crippen molar-refractivity contribution in [3.05, 3.63) is 78.4 Å². The molecular formula is C24H25N3O3S2. The standard InChI is InChI=1S/C24H25N3O3S2/c1-24(2,3)27-32(29,30)20-14-12-19(13-15-20)25-23(31)26-22(28)16-11-18-9-6-8-17-7-4-5-10-21(17)18/h4-16,27H,1-3H3,(H2,25,26,28,31). The Morgan fingerprint density at radius 3 is 2.28 bits per heavy atom. The Morgan fingerprint density at radius 1 is 0.938 bits per heavy atom. The van der Waals surface area contributed by atoms with Crippen molar-refractivity contribution in [1.82, 2.24) is 10.0 Å². The molecule has 3 N–H and O–H groups in total. The van der Waals surface area contributed by atoms with E-state index in [0.717, 1.165) is 16.3 Å². The summed E-state index contributed by atoms with van der Waals surface area (Å²) in [6, 6.07) is 19.9. The van der Waals surface area contributed by atoms with Gasteiger partial charge < -0.3 is 5.32 Å². The molecule has 0 spiro atoms. The molecule has 0 aliphatic carbocycles. The maximum atomic E-state index is 12.4. The van der Waals surface area contributed by atoms with E-state index in [9.17, 15) is 13.2 Å². The topological polar surface area (TPSA) is 87.3 Å². The second-order valence-electron chi connectivity index (χ2n) is 8.22. The van der Waals surface area contributed by atoms with Crippen LogP contribution in [-0.2, 0) is 14.8 Å². The van der Waals surface area contributed by atoms with Crippen molar-refractivity contribution in [2.45, 2.75) is 31.2 Å². The van der Waals surface area contributed by atoms with Crippen molar-refractivity contribution in [3.63, 3.8) is 0 Å². The zero-order valence-electron chi connectivity index (χ0n) is 18.0. The van der Waals surface area contributed by atoms with Crippen LogP contribution in [0.4, 0.5) is 5.69 Å². The Bertz CT molecular complexity index is 1270. The quantitative estimate of drug-likeness (QED) is 0.381. The van der Waals surface area contributed by atoms with Gasteiger partial charge in [-0.05, 0) is 79.7 Å². The first-order chi connectivity index (χ1) is 15.0. The molecule has 8 heteroatoms. The Morgan fingerprint density at radius 2 is 1.59 bits per heavy atom. The van der Waals surface area contributed by atoms with Gasteiger partial charge in [-0.3, -0.25) is 10.1 Å². The fourth-order valence-corrected chi connectivity index (χ4v) is 4.69. The first-order valence-corrected chi connectivity index (χ1v) is 11.8. The van der Waals surface area contributed by atoms with Crippen LogP contribution in [0.3, 0.4) is 0 Å². The van der Waals surface area contributed by atoms with Crippen LogP contribution < -0.4 is 15.4 Å². The lowest BCUT2D eigenvalue weighted by Gasteiger charge is -2.20. The van der Waals surface area contributed by atoms with Crippen LogP contribution >= 0.6 is 12.2 Å². The van der Waals surface area contributed by atoms with E-state index in [1.807, 2.05) is 42.5 Å². The summed E-state index contributed by atoms with van der Waals surface area (Å²) in [7, 11) is -3.62. The lowest BCUT2D eigenvalue weighted by molar-refractivity contribution is -0.115. The van der Waals surface area contributed by atoms with E-state index < -0.39 is 15.6 Å². The van der Waals surface area contributed by atoms with Crippen LogP contribution in [0.15, 0.2) is 77.7 Å². The van der Waals surface area contributed by atoms with E-state index in [4.69, 9.17) is 12.2 Å². The van der Waals surface area contributed by atoms with Crippen molar-refractivity contribution in [2.75, 3.05) is 5.32 Å². The summed E-state index contributed by atoms with van der Waals surface area (Å²) in [6.07, 6.45) is 3.16. The van der Waals surface area contributed by atoms with E-state index >= 15 is 0 Å². The van der Waals surface area contributed by atoms with Crippen LogP contribution in [0.2, 0.25) is 0 Å². The Kier molecular flexibility index (Phi) is 7.08. The highest BCUT2D eigenvalue weighted by atomic mass is 32.2. The van der Waals surface area contributed by atoms with Crippen LogP contribution in [0.5, 0.6) is 0 Å². The third-order valence-corrected chi connectivity index (χ3v) is 6.32. The number of sulfonamides is 1. The molecular weight excluding hydrogens is 442 g/mol. The molecule has 6 nitrogen and oxygen atoms in total. The number of rotatable bonds is 5. The van der Waals surface area contributed by atoms with Gasteiger partial charge in [0.1, 0.15) is 0 Å². The minimum absolute atomic E-state index is 0.112. The molecule has 3 aromatic carbocycles. The molecule has 1 amide bonds. The van der Waals surface area contributed by atoms with Gasteiger partial charge >= 0.3 is 0 Å². The molecule has 0 unspecified atom stereocenters. The average Bonchev–Trinajstić information content (AvgIpc) is 2.71. The van der Waals surface area contributed by atoms with Gasteiger partial charge in [-0.1, -0.05) is 42.5 Å². The summed E-state index contributed by atoms with van der Waals surface area (Å²) in [5.74, 6) is -0.371. The summed E-state index contributed by atoms with van der Waals surface area (Å²) in [5.41, 5.74) is 0.905. The third kappa shape index (κ3) is 6.46. The second kappa shape index (κ2) is 9.60. The molecule has 166 valence electrons. The lowest BCUT2D eigenvalue weighted by Crippen LogP contribution is -2.40. The Labute approximate surface area is 193 Å². The maximum Gasteiger partial charge on any atom is 0.250 e. The molecule has 0 fully saturated rings. The van der Waals surface area contributed by atoms with Gasteiger partial charge in [0, 0.05) is 17.3 Å². The summed E-state index contributed by atoms with van der Waals surface area (Å²) < 4.78 is 27.3. The number of hydrogen-bond donors (Lipinski definition) is 3. The monoisotopic (exact) mass is 467 g/mol. The number of benzene rings is 3. The first kappa shape index (κ1) is 23.6. The minimum atomic E-state index is -3.62. The molecule has 0 aromatic heterocycles. The van der Waals surface area contributed by atoms with Crippen LogP contribution in [0.25, 0.3) is 16.8 Å². The van der Waals surface area contributed by atoms with Crippen molar-refractivity contribution in [3.8, 4) is 0 Å². The minimum Gasteiger partial charge on any atom is -0.332 e. The molecule has 3 rings (SSSR count). The summed E-state index contributed by atoms with van der Waals surface area (Å²) in [4.78, 5) is 12.4. The van der Waals surface area contributed by atoms with Gasteiger partial charge in [0.25, 0.3) is 0 Å². The van der Waals surface area contributed by atoms with Gasteiger partial charge in [-0.25, -0.2) is 13.1 Å². The number of hydrogen-bond acceptors (Lipinski definition) is 4. The molecule has 0 saturated heterocycles. The fourth-order valence-electron chi connectivity index (χ4n) is 3.06. The third-order valence-electron chi connectivity index (χ3n) is 4.34. The summed E-state index contributed by atoms with van der Waals surface area (Å²) >= 11 is 5.19. The highest BCUT2D eigenvalue weighted by molar-refractivity contribution is 7.89. The van der Waals surface area contributed by atoms with Crippen LogP contribution in [0.1, 0.15) is 26.3 Å². The predicted molar refractivity (Wildman–Crippen MR) is 134 cm³/mol. The molecule has 0 aliphatic heterocycles. The number of fused-ring (bicyclic) bond motifs is 1. The average molecular weight is 468 g/mol. The highest BCUT2D eigenvalue weighted by Crippen LogP contribution is 2.19. The van der Waals surface area contributed by atoms with Gasteiger partial charge in [0.05, 0.1) is 4.90 Å². The molecule has 32 heavy (non-hydrogen) atoms. The molecule has 0 aliphatic rings. The van der Waals surface area contributed by atoms with Crippen molar-refractivity contribution in [2.24, 2.45) is 0 Å². The van der Waals surface area contributed by atoms with Gasteiger partial charge in [0.15, 0.2) is 5.11 Å². The van der Waals surface area contributed by atoms with Gasteiger partial charge in [-0.2, -0.15) is 0 Å². The van der Waals surface area contributed by atoms with Crippen molar-refractivity contribution >= 4 is 55.8 Å². The van der Waals surface area contributed by atoms with E-state index in [-0.39, 0.29) is 15.9 Å². The second-order valence-corrected chi connectivity index (χ2v) is 10.3. The van der Waals surface area contributed by atoms with E-state index in [0.29, 0.717) is 5.69 Å². The highest BCUT2D eigenvalue weighted by Gasteiger charge is 2.21. The van der Waals surface area contributed by atoms with E-state index in [2.05, 4.69) is 15.4 Å². The predicted octanol–water partition coefficient (Wildman–Crippen LogP) is 4.44. The SMILES string of the molecule is CC(C)(C)NS(=O)(=O)c1ccc(NC(=S)NC(=O)C=Cc2cccc3ccccc23)cc1. The van der Waals surface area contributed by atoms with Crippen LogP contribution in [-0.4, -0.2) is 25.0 Å². The normalized spacial score (nSPS) is 12.1. The zero-order chi connectivity index (χ0) is 23.4. The zero-order valence-corrected chi connectivity index (χ0v) is 19.7. The van der Waals surface area contributed by atoms with Crippen molar-refractivity contribution in [1.29, 1.82) is 0 Å². The number of anilines is 1. The lowest BCUT2D eigenvalue weighted by atomic mass is 10.0. The maximum absolute atomic E-state index is 12.4. The smallest absolute Gasteiger partial charge is 0.250 e. The largest absolute Gasteiger partial charge is 0.332 e. The van der Waals surface area contributed by atoms with E-state index in [1.165, 1.54) is 18.2 Å². The van der Waals surface area contributed by atoms with Crippen LogP contribution in [0, 0.1) is 0 Å².